The minimum atomic E-state index is -0.555. The summed E-state index contributed by atoms with van der Waals surface area (Å²) in [5.41, 5.74) is -0.364. The summed E-state index contributed by atoms with van der Waals surface area (Å²) in [7, 11) is 0. The molecule has 0 saturated heterocycles. The van der Waals surface area contributed by atoms with Crippen LogP contribution in [-0.4, -0.2) is 29.7 Å². The maximum atomic E-state index is 13.2. The minimum absolute atomic E-state index is 0.0359. The molecule has 2 rings (SSSR count). The second-order valence-corrected chi connectivity index (χ2v) is 7.08. The Labute approximate surface area is 139 Å². The Balaban J connectivity index is 1.77. The van der Waals surface area contributed by atoms with Crippen LogP contribution in [0.3, 0.4) is 0 Å². The van der Waals surface area contributed by atoms with Crippen LogP contribution in [0.5, 0.6) is 0 Å². The van der Waals surface area contributed by atoms with Gasteiger partial charge in [-0.25, -0.2) is 9.18 Å². The van der Waals surface area contributed by atoms with E-state index in [1.807, 2.05) is 0 Å². The first kappa shape index (κ1) is 17.5. The standard InChI is InChI=1S/C16H20ClFN2O3/c1-16(2,3)23-15(22)20-13-7-12(8-13)19-14(21)9-4-10(17)6-11(18)5-9/h4-6,12-13H,7-8H2,1-3H3,(H,19,21)(H,20,22). The van der Waals surface area contributed by atoms with Gasteiger partial charge in [0.05, 0.1) is 0 Å². The number of carbonyl (C=O) groups excluding carboxylic acids is 2. The number of hydrogen-bond donors (Lipinski definition) is 2. The van der Waals surface area contributed by atoms with Crippen molar-refractivity contribution in [1.29, 1.82) is 0 Å². The lowest BCUT2D eigenvalue weighted by molar-refractivity contribution is 0.0465. The maximum Gasteiger partial charge on any atom is 0.407 e. The SMILES string of the molecule is CC(C)(C)OC(=O)NC1CC(NC(=O)c2cc(F)cc(Cl)c2)C1. The average Bonchev–Trinajstić information content (AvgIpc) is 2.32. The predicted molar refractivity (Wildman–Crippen MR) is 85.1 cm³/mol. The molecule has 1 aromatic carbocycles. The van der Waals surface area contributed by atoms with Crippen molar-refractivity contribution >= 4 is 23.6 Å². The van der Waals surface area contributed by atoms with E-state index in [9.17, 15) is 14.0 Å². The number of alkyl carbamates (subject to hydrolysis) is 1. The van der Waals surface area contributed by atoms with Crippen LogP contribution in [0.25, 0.3) is 0 Å². The number of halogens is 2. The third-order valence-corrected chi connectivity index (χ3v) is 3.54. The van der Waals surface area contributed by atoms with Crippen molar-refractivity contribution in [2.45, 2.75) is 51.3 Å². The van der Waals surface area contributed by atoms with Gasteiger partial charge in [0.2, 0.25) is 0 Å². The Morgan fingerprint density at radius 2 is 1.78 bits per heavy atom. The quantitative estimate of drug-likeness (QED) is 0.886. The van der Waals surface area contributed by atoms with Crippen molar-refractivity contribution in [3.05, 3.63) is 34.6 Å². The fourth-order valence-electron chi connectivity index (χ4n) is 2.28. The third-order valence-electron chi connectivity index (χ3n) is 3.32. The lowest BCUT2D eigenvalue weighted by Gasteiger charge is -2.36. The largest absolute Gasteiger partial charge is 0.444 e. The summed E-state index contributed by atoms with van der Waals surface area (Å²) in [4.78, 5) is 23.6. The number of hydrogen-bond acceptors (Lipinski definition) is 3. The summed E-state index contributed by atoms with van der Waals surface area (Å²) in [6.07, 6.45) is 0.742. The van der Waals surface area contributed by atoms with Gasteiger partial charge in [-0.05, 0) is 51.8 Å². The average molecular weight is 343 g/mol. The van der Waals surface area contributed by atoms with Crippen molar-refractivity contribution in [2.75, 3.05) is 0 Å². The van der Waals surface area contributed by atoms with Crippen LogP contribution in [0.2, 0.25) is 5.02 Å². The summed E-state index contributed by atoms with van der Waals surface area (Å²) in [6, 6.07) is 3.59. The predicted octanol–water partition coefficient (Wildman–Crippen LogP) is 3.26. The Hall–Kier alpha value is -1.82. The fraction of sp³-hybridized carbons (Fsp3) is 0.500. The summed E-state index contributed by atoms with van der Waals surface area (Å²) in [6.45, 7) is 5.38. The van der Waals surface area contributed by atoms with Crippen molar-refractivity contribution < 1.29 is 18.7 Å². The highest BCUT2D eigenvalue weighted by atomic mass is 35.5. The number of benzene rings is 1. The zero-order valence-electron chi connectivity index (χ0n) is 13.3. The van der Waals surface area contributed by atoms with Gasteiger partial charge in [-0.2, -0.15) is 0 Å². The van der Waals surface area contributed by atoms with Crippen LogP contribution in [0.15, 0.2) is 18.2 Å². The zero-order chi connectivity index (χ0) is 17.2. The molecule has 0 unspecified atom stereocenters. The van der Waals surface area contributed by atoms with E-state index in [0.717, 1.165) is 12.1 Å². The van der Waals surface area contributed by atoms with Crippen LogP contribution in [0.4, 0.5) is 9.18 Å². The molecule has 2 amide bonds. The van der Waals surface area contributed by atoms with Gasteiger partial charge in [-0.1, -0.05) is 11.6 Å². The summed E-state index contributed by atoms with van der Waals surface area (Å²) in [5, 5.41) is 5.70. The van der Waals surface area contributed by atoms with E-state index in [0.29, 0.717) is 12.8 Å². The van der Waals surface area contributed by atoms with Gasteiger partial charge in [-0.15, -0.1) is 0 Å². The van der Waals surface area contributed by atoms with E-state index < -0.39 is 17.5 Å². The molecule has 1 fully saturated rings. The Morgan fingerprint density at radius 3 is 2.35 bits per heavy atom. The molecule has 126 valence electrons. The second kappa shape index (κ2) is 6.74. The van der Waals surface area contributed by atoms with Crippen molar-refractivity contribution in [2.24, 2.45) is 0 Å². The molecule has 2 N–H and O–H groups in total. The van der Waals surface area contributed by atoms with Gasteiger partial charge >= 0.3 is 6.09 Å². The highest BCUT2D eigenvalue weighted by Gasteiger charge is 2.32. The highest BCUT2D eigenvalue weighted by molar-refractivity contribution is 6.31. The zero-order valence-corrected chi connectivity index (χ0v) is 14.0. The van der Waals surface area contributed by atoms with E-state index >= 15 is 0 Å². The molecule has 1 aliphatic rings. The molecular weight excluding hydrogens is 323 g/mol. The highest BCUT2D eigenvalue weighted by Crippen LogP contribution is 2.22. The molecule has 0 aliphatic heterocycles. The van der Waals surface area contributed by atoms with Gasteiger partial charge < -0.3 is 15.4 Å². The Kier molecular flexibility index (Phi) is 5.14. The van der Waals surface area contributed by atoms with E-state index in [1.54, 1.807) is 20.8 Å². The van der Waals surface area contributed by atoms with Crippen LogP contribution < -0.4 is 10.6 Å². The molecule has 23 heavy (non-hydrogen) atoms. The summed E-state index contributed by atoms with van der Waals surface area (Å²) < 4.78 is 18.4. The van der Waals surface area contributed by atoms with Gasteiger partial charge in [0.15, 0.2) is 0 Å². The number of amides is 2. The van der Waals surface area contributed by atoms with E-state index in [-0.39, 0.29) is 28.6 Å². The van der Waals surface area contributed by atoms with Crippen LogP contribution >= 0.6 is 11.6 Å². The lowest BCUT2D eigenvalue weighted by atomic mass is 9.86. The monoisotopic (exact) mass is 342 g/mol. The first-order chi connectivity index (χ1) is 10.6. The second-order valence-electron chi connectivity index (χ2n) is 6.64. The van der Waals surface area contributed by atoms with Gasteiger partial charge in [0.1, 0.15) is 11.4 Å². The molecule has 0 aromatic heterocycles. The molecule has 0 spiro atoms. The molecule has 1 saturated carbocycles. The van der Waals surface area contributed by atoms with E-state index in [4.69, 9.17) is 16.3 Å². The Bertz CT molecular complexity index is 590. The van der Waals surface area contributed by atoms with E-state index in [1.165, 1.54) is 6.07 Å². The Morgan fingerprint density at radius 1 is 1.17 bits per heavy atom. The minimum Gasteiger partial charge on any atom is -0.444 e. The van der Waals surface area contributed by atoms with Crippen molar-refractivity contribution in [1.82, 2.24) is 10.6 Å². The van der Waals surface area contributed by atoms with Gasteiger partial charge in [0, 0.05) is 22.7 Å². The molecule has 0 heterocycles. The van der Waals surface area contributed by atoms with Gasteiger partial charge in [-0.3, -0.25) is 4.79 Å². The molecule has 1 aromatic rings. The van der Waals surface area contributed by atoms with E-state index in [2.05, 4.69) is 10.6 Å². The summed E-state index contributed by atoms with van der Waals surface area (Å²) >= 11 is 5.73. The number of rotatable bonds is 3. The van der Waals surface area contributed by atoms with Crippen LogP contribution in [0, 0.1) is 5.82 Å². The topological polar surface area (TPSA) is 67.4 Å². The smallest absolute Gasteiger partial charge is 0.407 e. The number of ether oxygens (including phenoxy) is 1. The number of nitrogens with one attached hydrogen (secondary N) is 2. The molecule has 0 radical (unpaired) electrons. The van der Waals surface area contributed by atoms with Crippen molar-refractivity contribution in [3.8, 4) is 0 Å². The third kappa shape index (κ3) is 5.39. The molecule has 1 aliphatic carbocycles. The lowest BCUT2D eigenvalue weighted by Crippen LogP contribution is -2.54. The van der Waals surface area contributed by atoms with Crippen LogP contribution in [0.1, 0.15) is 44.0 Å². The molecule has 7 heteroatoms. The molecule has 5 nitrogen and oxygen atoms in total. The fourth-order valence-corrected chi connectivity index (χ4v) is 2.50. The first-order valence-corrected chi connectivity index (χ1v) is 7.76. The molecular formula is C16H20ClFN2O3. The number of carbonyl (C=O) groups is 2. The maximum absolute atomic E-state index is 13.2. The molecule has 0 bridgehead atoms. The normalized spacial score (nSPS) is 20.4. The van der Waals surface area contributed by atoms with Gasteiger partial charge in [0.25, 0.3) is 5.91 Å². The first-order valence-electron chi connectivity index (χ1n) is 7.39. The van der Waals surface area contributed by atoms with Crippen LogP contribution in [-0.2, 0) is 4.74 Å². The molecule has 0 atom stereocenters. The summed E-state index contributed by atoms with van der Waals surface area (Å²) in [5.74, 6) is -0.937. The van der Waals surface area contributed by atoms with Crippen molar-refractivity contribution in [3.63, 3.8) is 0 Å².